The van der Waals surface area contributed by atoms with E-state index in [2.05, 4.69) is 31.8 Å². The molecule has 1 aromatic heterocycles. The Morgan fingerprint density at radius 1 is 1.19 bits per heavy atom. The second kappa shape index (κ2) is 6.47. The van der Waals surface area contributed by atoms with Gasteiger partial charge in [0.1, 0.15) is 0 Å². The average molecular weight is 291 g/mol. The molecule has 1 aliphatic carbocycles. The van der Waals surface area contributed by atoms with Gasteiger partial charge in [-0.3, -0.25) is 4.98 Å². The van der Waals surface area contributed by atoms with Crippen LogP contribution in [0.1, 0.15) is 63.6 Å². The summed E-state index contributed by atoms with van der Waals surface area (Å²) in [5.74, 6) is 0.359. The first kappa shape index (κ1) is 16.5. The van der Waals surface area contributed by atoms with Crippen LogP contribution >= 0.6 is 0 Å². The third kappa shape index (κ3) is 3.85. The number of methoxy groups -OCH3 is 1. The second-order valence-corrected chi connectivity index (χ2v) is 7.03. The fraction of sp³-hybridized carbons (Fsp3) is 0.688. The molecule has 0 bridgehead atoms. The van der Waals surface area contributed by atoms with E-state index < -0.39 is 7.12 Å². The van der Waals surface area contributed by atoms with Gasteiger partial charge in [-0.15, -0.1) is 0 Å². The van der Waals surface area contributed by atoms with Crippen LogP contribution in [0.15, 0.2) is 12.3 Å². The summed E-state index contributed by atoms with van der Waals surface area (Å²) in [5.41, 5.74) is 2.54. The van der Waals surface area contributed by atoms with Crippen molar-refractivity contribution in [1.29, 1.82) is 0 Å². The molecule has 1 heterocycles. The fourth-order valence-corrected chi connectivity index (χ4v) is 3.07. The minimum Gasteiger partial charge on any atom is -0.423 e. The van der Waals surface area contributed by atoms with Gasteiger partial charge in [-0.25, -0.2) is 0 Å². The Kier molecular flexibility index (Phi) is 5.07. The Labute approximate surface area is 127 Å². The molecule has 2 rings (SSSR count). The molecule has 1 fully saturated rings. The molecule has 0 unspecified atom stereocenters. The van der Waals surface area contributed by atoms with E-state index in [9.17, 15) is 10.0 Å². The first-order chi connectivity index (χ1) is 9.82. The van der Waals surface area contributed by atoms with Gasteiger partial charge in [-0.05, 0) is 43.2 Å². The summed E-state index contributed by atoms with van der Waals surface area (Å²) < 4.78 is 5.42. The highest BCUT2D eigenvalue weighted by Crippen LogP contribution is 2.34. The minimum atomic E-state index is -1.46. The third-order valence-corrected chi connectivity index (χ3v) is 4.46. The van der Waals surface area contributed by atoms with Crippen molar-refractivity contribution in [1.82, 2.24) is 4.98 Å². The van der Waals surface area contributed by atoms with Crippen molar-refractivity contribution < 1.29 is 14.8 Å². The standard InChI is InChI=1S/C16H26BNO3/c1-16(2,3)15-9-13(14(10-18-15)17(19)20)11-5-7-12(21-4)8-6-11/h9-12,19-20H,5-8H2,1-4H3. The van der Waals surface area contributed by atoms with Gasteiger partial charge in [0, 0.05) is 29.9 Å². The monoisotopic (exact) mass is 291 g/mol. The van der Waals surface area contributed by atoms with E-state index in [1.165, 1.54) is 0 Å². The van der Waals surface area contributed by atoms with Gasteiger partial charge in [0.15, 0.2) is 0 Å². The van der Waals surface area contributed by atoms with E-state index in [0.29, 0.717) is 17.5 Å². The number of pyridine rings is 1. The summed E-state index contributed by atoms with van der Waals surface area (Å²) in [5, 5.41) is 19.2. The molecule has 5 heteroatoms. The maximum Gasteiger partial charge on any atom is 0.490 e. The summed E-state index contributed by atoms with van der Waals surface area (Å²) in [6.07, 6.45) is 6.05. The maximum absolute atomic E-state index is 9.62. The maximum atomic E-state index is 9.62. The summed E-state index contributed by atoms with van der Waals surface area (Å²) in [6.45, 7) is 6.36. The lowest BCUT2D eigenvalue weighted by Crippen LogP contribution is -2.36. The van der Waals surface area contributed by atoms with Gasteiger partial charge in [0.05, 0.1) is 6.10 Å². The minimum absolute atomic E-state index is 0.0442. The molecule has 1 saturated carbocycles. The molecule has 0 amide bonds. The van der Waals surface area contributed by atoms with Crippen LogP contribution < -0.4 is 5.46 Å². The van der Waals surface area contributed by atoms with Gasteiger partial charge in [-0.1, -0.05) is 20.8 Å². The van der Waals surface area contributed by atoms with E-state index in [1.54, 1.807) is 13.3 Å². The average Bonchev–Trinajstić information content (AvgIpc) is 2.45. The predicted molar refractivity (Wildman–Crippen MR) is 84.8 cm³/mol. The number of hydrogen-bond acceptors (Lipinski definition) is 4. The molecule has 4 nitrogen and oxygen atoms in total. The molecule has 2 N–H and O–H groups in total. The van der Waals surface area contributed by atoms with Crippen molar-refractivity contribution in [2.45, 2.75) is 63.9 Å². The molecule has 116 valence electrons. The molecule has 0 aliphatic heterocycles. The molecule has 1 aromatic rings. The second-order valence-electron chi connectivity index (χ2n) is 7.03. The highest BCUT2D eigenvalue weighted by molar-refractivity contribution is 6.59. The fourth-order valence-electron chi connectivity index (χ4n) is 3.07. The predicted octanol–water partition coefficient (Wildman–Crippen LogP) is 1.73. The van der Waals surface area contributed by atoms with E-state index in [-0.39, 0.29) is 5.41 Å². The normalized spacial score (nSPS) is 23.1. The number of aromatic nitrogens is 1. The van der Waals surface area contributed by atoms with Crippen LogP contribution in [0.5, 0.6) is 0 Å². The Hall–Kier alpha value is -0.905. The van der Waals surface area contributed by atoms with Crippen LogP contribution in [0.25, 0.3) is 0 Å². The highest BCUT2D eigenvalue weighted by Gasteiger charge is 2.29. The van der Waals surface area contributed by atoms with Gasteiger partial charge in [0.2, 0.25) is 0 Å². The van der Waals surface area contributed by atoms with E-state index in [0.717, 1.165) is 36.9 Å². The summed E-state index contributed by atoms with van der Waals surface area (Å²) in [4.78, 5) is 4.41. The Bertz CT molecular complexity index is 477. The highest BCUT2D eigenvalue weighted by atomic mass is 16.5. The Balaban J connectivity index is 2.31. The Morgan fingerprint density at radius 2 is 1.81 bits per heavy atom. The van der Waals surface area contributed by atoms with Gasteiger partial charge in [-0.2, -0.15) is 0 Å². The SMILES string of the molecule is COC1CCC(c2cc(C(C)(C)C)ncc2B(O)O)CC1. The number of nitrogens with zero attached hydrogens (tertiary/aromatic N) is 1. The molecule has 0 radical (unpaired) electrons. The molecular weight excluding hydrogens is 265 g/mol. The van der Waals surface area contributed by atoms with Crippen molar-refractivity contribution >= 4 is 12.6 Å². The molecule has 0 aromatic carbocycles. The van der Waals surface area contributed by atoms with E-state index >= 15 is 0 Å². The molecule has 21 heavy (non-hydrogen) atoms. The van der Waals surface area contributed by atoms with Crippen LogP contribution in [0.2, 0.25) is 0 Å². The van der Waals surface area contributed by atoms with Gasteiger partial charge >= 0.3 is 7.12 Å². The number of hydrogen-bond donors (Lipinski definition) is 2. The zero-order chi connectivity index (χ0) is 15.6. The van der Waals surface area contributed by atoms with Crippen molar-refractivity contribution in [3.05, 3.63) is 23.5 Å². The van der Waals surface area contributed by atoms with Gasteiger partial charge < -0.3 is 14.8 Å². The van der Waals surface area contributed by atoms with E-state index in [4.69, 9.17) is 4.74 Å². The first-order valence-corrected chi connectivity index (χ1v) is 7.72. The lowest BCUT2D eigenvalue weighted by molar-refractivity contribution is 0.0659. The van der Waals surface area contributed by atoms with Crippen LogP contribution in [0, 0.1) is 0 Å². The third-order valence-electron chi connectivity index (χ3n) is 4.46. The zero-order valence-electron chi connectivity index (χ0n) is 13.5. The molecule has 0 saturated heterocycles. The van der Waals surface area contributed by atoms with E-state index in [1.807, 2.05) is 0 Å². The molecule has 0 atom stereocenters. The van der Waals surface area contributed by atoms with Gasteiger partial charge in [0.25, 0.3) is 0 Å². The smallest absolute Gasteiger partial charge is 0.423 e. The van der Waals surface area contributed by atoms with Crippen LogP contribution in [0.4, 0.5) is 0 Å². The Morgan fingerprint density at radius 3 is 2.29 bits per heavy atom. The summed E-state index contributed by atoms with van der Waals surface area (Å²) in [6, 6.07) is 2.06. The van der Waals surface area contributed by atoms with Crippen molar-refractivity contribution in [3.8, 4) is 0 Å². The van der Waals surface area contributed by atoms with Crippen LogP contribution in [0.3, 0.4) is 0 Å². The van der Waals surface area contributed by atoms with Crippen molar-refractivity contribution in [2.24, 2.45) is 0 Å². The lowest BCUT2D eigenvalue weighted by Gasteiger charge is -2.30. The van der Waals surface area contributed by atoms with Crippen molar-refractivity contribution in [3.63, 3.8) is 0 Å². The molecule has 0 spiro atoms. The quantitative estimate of drug-likeness (QED) is 0.833. The summed E-state index contributed by atoms with van der Waals surface area (Å²) >= 11 is 0. The lowest BCUT2D eigenvalue weighted by atomic mass is 9.70. The zero-order valence-corrected chi connectivity index (χ0v) is 13.5. The summed E-state index contributed by atoms with van der Waals surface area (Å²) in [7, 11) is 0.305. The topological polar surface area (TPSA) is 62.6 Å². The van der Waals surface area contributed by atoms with Crippen LogP contribution in [-0.2, 0) is 10.2 Å². The molecule has 1 aliphatic rings. The van der Waals surface area contributed by atoms with Crippen LogP contribution in [-0.4, -0.2) is 35.4 Å². The van der Waals surface area contributed by atoms with Crippen molar-refractivity contribution in [2.75, 3.05) is 7.11 Å². The number of ether oxygens (including phenoxy) is 1. The largest absolute Gasteiger partial charge is 0.490 e. The number of rotatable bonds is 3. The first-order valence-electron chi connectivity index (χ1n) is 7.72. The molecular formula is C16H26BNO3.